The first-order chi connectivity index (χ1) is 12.0. The molecule has 0 saturated heterocycles. The van der Waals surface area contributed by atoms with Crippen LogP contribution in [0.2, 0.25) is 0 Å². The van der Waals surface area contributed by atoms with E-state index in [1.807, 2.05) is 6.08 Å². The van der Waals surface area contributed by atoms with E-state index in [0.717, 1.165) is 12.8 Å². The van der Waals surface area contributed by atoms with Gasteiger partial charge in [-0.25, -0.2) is 0 Å². The molecule has 0 aliphatic heterocycles. The number of aliphatic hydroxyl groups excluding tert-OH is 2. The van der Waals surface area contributed by atoms with E-state index in [2.05, 4.69) is 13.0 Å². The molecule has 0 aromatic heterocycles. The van der Waals surface area contributed by atoms with Crippen LogP contribution in [-0.4, -0.2) is 39.3 Å². The van der Waals surface area contributed by atoms with Crippen LogP contribution in [0.1, 0.15) is 64.7 Å². The Labute approximate surface area is 150 Å². The third kappa shape index (κ3) is 8.45. The van der Waals surface area contributed by atoms with E-state index < -0.39 is 24.1 Å². The summed E-state index contributed by atoms with van der Waals surface area (Å²) in [6.45, 7) is 2.16. The van der Waals surface area contributed by atoms with Crippen molar-refractivity contribution in [2.24, 2.45) is 11.8 Å². The molecule has 0 aromatic rings. The summed E-state index contributed by atoms with van der Waals surface area (Å²) in [5, 5.41) is 28.8. The minimum absolute atomic E-state index is 0.0358. The van der Waals surface area contributed by atoms with Crippen molar-refractivity contribution in [3.63, 3.8) is 0 Å². The number of unbranched alkanes of at least 4 members (excludes halogenated alkanes) is 3. The van der Waals surface area contributed by atoms with Gasteiger partial charge in [0.15, 0.2) is 0 Å². The van der Waals surface area contributed by atoms with Crippen molar-refractivity contribution in [2.45, 2.75) is 76.9 Å². The summed E-state index contributed by atoms with van der Waals surface area (Å²) in [5.74, 6) is -1.58. The zero-order chi connectivity index (χ0) is 18.7. The number of ketones is 1. The maximum absolute atomic E-state index is 12.0. The van der Waals surface area contributed by atoms with Crippen molar-refractivity contribution in [3.05, 3.63) is 24.3 Å². The van der Waals surface area contributed by atoms with Gasteiger partial charge in [-0.1, -0.05) is 44.1 Å². The minimum Gasteiger partial charge on any atom is -0.481 e. The van der Waals surface area contributed by atoms with Crippen LogP contribution in [0.15, 0.2) is 24.3 Å². The molecule has 142 valence electrons. The summed E-state index contributed by atoms with van der Waals surface area (Å²) in [5.41, 5.74) is 0. The summed E-state index contributed by atoms with van der Waals surface area (Å²) in [6, 6.07) is 0. The fourth-order valence-electron chi connectivity index (χ4n) is 3.27. The van der Waals surface area contributed by atoms with Gasteiger partial charge in [-0.05, 0) is 38.0 Å². The van der Waals surface area contributed by atoms with Gasteiger partial charge in [0.1, 0.15) is 5.78 Å². The topological polar surface area (TPSA) is 94.8 Å². The second kappa shape index (κ2) is 12.0. The van der Waals surface area contributed by atoms with E-state index in [-0.39, 0.29) is 24.5 Å². The lowest BCUT2D eigenvalue weighted by atomic mass is 9.88. The molecule has 4 atom stereocenters. The molecule has 0 amide bonds. The number of carbonyl (C=O) groups excluding carboxylic acids is 1. The molecule has 1 aliphatic carbocycles. The molecule has 0 unspecified atom stereocenters. The van der Waals surface area contributed by atoms with Gasteiger partial charge in [-0.3, -0.25) is 9.59 Å². The molecule has 0 heterocycles. The molecule has 1 fully saturated rings. The molecule has 1 rings (SSSR count). The molecule has 25 heavy (non-hydrogen) atoms. The van der Waals surface area contributed by atoms with Crippen LogP contribution in [0.4, 0.5) is 0 Å². The maximum atomic E-state index is 12.0. The second-order valence-electron chi connectivity index (χ2n) is 6.87. The highest BCUT2D eigenvalue weighted by Crippen LogP contribution is 2.34. The monoisotopic (exact) mass is 352 g/mol. The predicted octanol–water partition coefficient (Wildman–Crippen LogP) is 3.25. The van der Waals surface area contributed by atoms with Gasteiger partial charge in [0.2, 0.25) is 0 Å². The summed E-state index contributed by atoms with van der Waals surface area (Å²) in [6.07, 6.45) is 12.2. The zero-order valence-corrected chi connectivity index (χ0v) is 15.1. The molecule has 0 bridgehead atoms. The fourth-order valence-corrected chi connectivity index (χ4v) is 3.27. The Morgan fingerprint density at radius 1 is 1.28 bits per heavy atom. The van der Waals surface area contributed by atoms with E-state index >= 15 is 0 Å². The highest BCUT2D eigenvalue weighted by atomic mass is 16.4. The summed E-state index contributed by atoms with van der Waals surface area (Å²) < 4.78 is 0. The number of rotatable bonds is 12. The average molecular weight is 352 g/mol. The summed E-state index contributed by atoms with van der Waals surface area (Å²) in [7, 11) is 0. The third-order valence-corrected chi connectivity index (χ3v) is 4.72. The van der Waals surface area contributed by atoms with Gasteiger partial charge in [0.25, 0.3) is 0 Å². The van der Waals surface area contributed by atoms with Crippen LogP contribution < -0.4 is 0 Å². The second-order valence-corrected chi connectivity index (χ2v) is 6.87. The average Bonchev–Trinajstić information content (AvgIpc) is 2.82. The number of allylic oxidation sites excluding steroid dienone is 2. The van der Waals surface area contributed by atoms with E-state index in [1.165, 1.54) is 12.8 Å². The number of aliphatic hydroxyl groups is 2. The first-order valence-corrected chi connectivity index (χ1v) is 9.39. The molecule has 0 radical (unpaired) electrons. The Kier molecular flexibility index (Phi) is 10.3. The van der Waals surface area contributed by atoms with Crippen LogP contribution in [0.3, 0.4) is 0 Å². The van der Waals surface area contributed by atoms with Gasteiger partial charge in [-0.2, -0.15) is 0 Å². The van der Waals surface area contributed by atoms with Crippen LogP contribution >= 0.6 is 0 Å². The van der Waals surface area contributed by atoms with Crippen molar-refractivity contribution in [1.29, 1.82) is 0 Å². The lowest BCUT2D eigenvalue weighted by molar-refractivity contribution is -0.137. The Bertz CT molecular complexity index is 469. The molecular formula is C20H32O5. The van der Waals surface area contributed by atoms with Crippen molar-refractivity contribution in [1.82, 2.24) is 0 Å². The maximum Gasteiger partial charge on any atom is 0.303 e. The van der Waals surface area contributed by atoms with Gasteiger partial charge in [0.05, 0.1) is 12.2 Å². The quantitative estimate of drug-likeness (QED) is 0.370. The Morgan fingerprint density at radius 2 is 2.04 bits per heavy atom. The molecule has 0 spiro atoms. The number of hydrogen-bond acceptors (Lipinski definition) is 4. The summed E-state index contributed by atoms with van der Waals surface area (Å²) >= 11 is 0. The fraction of sp³-hybridized carbons (Fsp3) is 0.700. The first kappa shape index (κ1) is 21.6. The number of carbonyl (C=O) groups is 2. The van der Waals surface area contributed by atoms with E-state index in [9.17, 15) is 19.8 Å². The Morgan fingerprint density at radius 3 is 2.72 bits per heavy atom. The molecule has 1 saturated carbocycles. The van der Waals surface area contributed by atoms with Gasteiger partial charge in [0, 0.05) is 18.8 Å². The number of Topliss-reactive ketones (excluding diaryl/α,β-unsaturated/α-hetero) is 1. The molecule has 1 aliphatic rings. The number of carboxylic acids is 1. The standard InChI is InChI=1S/C20H32O5/c1-2-3-4-5-6-7-9-15(21)12-13-17-16(10-8-11-20(24)25)18(22)14-19(17)23/h6-7,12-13,15-18,21-22H,2-5,8-11,14H2,1H3,(H,24,25)/b7-6-,13-12+/t15-,16+,17-,18+/m1/s1. The first-order valence-electron chi connectivity index (χ1n) is 9.39. The molecular weight excluding hydrogens is 320 g/mol. The van der Waals surface area contributed by atoms with E-state index in [0.29, 0.717) is 19.3 Å². The lowest BCUT2D eigenvalue weighted by Crippen LogP contribution is -2.20. The van der Waals surface area contributed by atoms with E-state index in [1.54, 1.807) is 12.2 Å². The number of aliphatic carboxylic acids is 1. The van der Waals surface area contributed by atoms with Crippen LogP contribution in [0.25, 0.3) is 0 Å². The molecule has 5 nitrogen and oxygen atoms in total. The van der Waals surface area contributed by atoms with Gasteiger partial charge >= 0.3 is 5.97 Å². The lowest BCUT2D eigenvalue weighted by Gasteiger charge is -2.18. The zero-order valence-electron chi connectivity index (χ0n) is 15.1. The summed E-state index contributed by atoms with van der Waals surface area (Å²) in [4.78, 5) is 22.7. The highest BCUT2D eigenvalue weighted by Gasteiger charge is 2.39. The molecule has 3 N–H and O–H groups in total. The van der Waals surface area contributed by atoms with Crippen LogP contribution in [0.5, 0.6) is 0 Å². The molecule has 5 heteroatoms. The van der Waals surface area contributed by atoms with Gasteiger partial charge in [-0.15, -0.1) is 0 Å². The number of carboxylic acid groups (broad SMARTS) is 1. The minimum atomic E-state index is -0.868. The van der Waals surface area contributed by atoms with Crippen LogP contribution in [-0.2, 0) is 9.59 Å². The highest BCUT2D eigenvalue weighted by molar-refractivity contribution is 5.86. The number of hydrogen-bond donors (Lipinski definition) is 3. The van der Waals surface area contributed by atoms with E-state index in [4.69, 9.17) is 5.11 Å². The predicted molar refractivity (Wildman–Crippen MR) is 97.1 cm³/mol. The van der Waals surface area contributed by atoms with Crippen molar-refractivity contribution >= 4 is 11.8 Å². The van der Waals surface area contributed by atoms with Crippen molar-refractivity contribution in [2.75, 3.05) is 0 Å². The van der Waals surface area contributed by atoms with Crippen LogP contribution in [0, 0.1) is 11.8 Å². The Hall–Kier alpha value is -1.46. The van der Waals surface area contributed by atoms with Gasteiger partial charge < -0.3 is 15.3 Å². The van der Waals surface area contributed by atoms with Crippen molar-refractivity contribution in [3.8, 4) is 0 Å². The Balaban J connectivity index is 2.45. The molecule has 0 aromatic carbocycles. The SMILES string of the molecule is CCCCC/C=C\C[C@@H](O)/C=C/[C@H]1C(=O)C[C@H](O)[C@H]1CCCC(=O)O. The largest absolute Gasteiger partial charge is 0.481 e. The van der Waals surface area contributed by atoms with Crippen molar-refractivity contribution < 1.29 is 24.9 Å². The normalized spacial score (nSPS) is 25.2. The third-order valence-electron chi connectivity index (χ3n) is 4.72. The smallest absolute Gasteiger partial charge is 0.303 e.